The molecule has 0 unspecified atom stereocenters. The van der Waals surface area contributed by atoms with Gasteiger partial charge in [-0.2, -0.15) is 0 Å². The van der Waals surface area contributed by atoms with E-state index in [0.717, 1.165) is 15.7 Å². The van der Waals surface area contributed by atoms with Crippen LogP contribution in [0.4, 0.5) is 5.88 Å². The molecule has 1 aromatic carbocycles. The fourth-order valence-corrected chi connectivity index (χ4v) is 1.92. The summed E-state index contributed by atoms with van der Waals surface area (Å²) in [4.78, 5) is 12.0. The second-order valence-corrected chi connectivity index (χ2v) is 5.54. The van der Waals surface area contributed by atoms with Gasteiger partial charge in [-0.15, -0.1) is 0 Å². The van der Waals surface area contributed by atoms with Crippen LogP contribution in [0.2, 0.25) is 0 Å². The summed E-state index contributed by atoms with van der Waals surface area (Å²) in [6.07, 6.45) is 0. The van der Waals surface area contributed by atoms with Crippen molar-refractivity contribution in [1.82, 2.24) is 5.16 Å². The molecule has 1 aromatic heterocycles. The Morgan fingerprint density at radius 1 is 1.37 bits per heavy atom. The number of hydrogen-bond acceptors (Lipinski definition) is 3. The van der Waals surface area contributed by atoms with E-state index in [1.807, 2.05) is 26.8 Å². The average Bonchev–Trinajstić information content (AvgIpc) is 2.81. The number of carbonyl (C=O) groups excluding carboxylic acids is 1. The molecule has 0 atom stereocenters. The minimum Gasteiger partial charge on any atom is -0.338 e. The van der Waals surface area contributed by atoms with E-state index in [2.05, 4.69) is 26.4 Å². The first-order valence-electron chi connectivity index (χ1n) is 6.01. The van der Waals surface area contributed by atoms with Gasteiger partial charge in [-0.1, -0.05) is 41.0 Å². The molecule has 1 N–H and O–H groups in total. The fourth-order valence-electron chi connectivity index (χ4n) is 1.54. The monoisotopic (exact) mass is 322 g/mol. The lowest BCUT2D eigenvalue weighted by Gasteiger charge is -2.03. The van der Waals surface area contributed by atoms with Crippen molar-refractivity contribution in [2.75, 3.05) is 5.32 Å². The van der Waals surface area contributed by atoms with Crippen molar-refractivity contribution in [2.24, 2.45) is 0 Å². The highest BCUT2D eigenvalue weighted by molar-refractivity contribution is 9.10. The highest BCUT2D eigenvalue weighted by Crippen LogP contribution is 2.20. The normalized spacial score (nSPS) is 10.8. The molecule has 0 aliphatic rings. The molecule has 0 saturated heterocycles. The molecule has 5 heteroatoms. The quantitative estimate of drug-likeness (QED) is 0.924. The van der Waals surface area contributed by atoms with Gasteiger partial charge in [-0.05, 0) is 30.5 Å². The van der Waals surface area contributed by atoms with Crippen LogP contribution in [0.3, 0.4) is 0 Å². The maximum atomic E-state index is 12.0. The van der Waals surface area contributed by atoms with Crippen molar-refractivity contribution in [3.8, 4) is 0 Å². The minimum absolute atomic E-state index is 0.216. The lowest BCUT2D eigenvalue weighted by Crippen LogP contribution is -2.11. The third-order valence-electron chi connectivity index (χ3n) is 2.79. The van der Waals surface area contributed by atoms with Crippen molar-refractivity contribution in [2.45, 2.75) is 26.7 Å². The lowest BCUT2D eigenvalue weighted by atomic mass is 10.1. The Labute approximate surface area is 120 Å². The summed E-state index contributed by atoms with van der Waals surface area (Å²) in [5.74, 6) is 0.417. The SMILES string of the molecule is Cc1ccc(C(=O)Nc2cc(C(C)C)no2)cc1Br. The van der Waals surface area contributed by atoms with Crippen LogP contribution in [0.5, 0.6) is 0 Å². The van der Waals surface area contributed by atoms with Crippen molar-refractivity contribution in [1.29, 1.82) is 0 Å². The third kappa shape index (κ3) is 3.23. The highest BCUT2D eigenvalue weighted by atomic mass is 79.9. The molecular weight excluding hydrogens is 308 g/mol. The summed E-state index contributed by atoms with van der Waals surface area (Å²) in [7, 11) is 0. The van der Waals surface area contributed by atoms with Gasteiger partial charge in [-0.3, -0.25) is 10.1 Å². The number of benzene rings is 1. The number of carbonyl (C=O) groups is 1. The number of amides is 1. The van der Waals surface area contributed by atoms with Gasteiger partial charge in [0.2, 0.25) is 5.88 Å². The largest absolute Gasteiger partial charge is 0.338 e. The number of aromatic nitrogens is 1. The minimum atomic E-state index is -0.216. The van der Waals surface area contributed by atoms with Gasteiger partial charge in [0, 0.05) is 16.1 Å². The number of halogens is 1. The third-order valence-corrected chi connectivity index (χ3v) is 3.65. The summed E-state index contributed by atoms with van der Waals surface area (Å²) in [5, 5.41) is 6.59. The Bertz CT molecular complexity index is 605. The van der Waals surface area contributed by atoms with E-state index in [1.54, 1.807) is 18.2 Å². The number of rotatable bonds is 3. The molecule has 2 rings (SSSR count). The van der Waals surface area contributed by atoms with Gasteiger partial charge < -0.3 is 4.52 Å². The van der Waals surface area contributed by atoms with E-state index in [-0.39, 0.29) is 11.8 Å². The summed E-state index contributed by atoms with van der Waals surface area (Å²) in [6, 6.07) is 7.18. The summed E-state index contributed by atoms with van der Waals surface area (Å²) >= 11 is 3.41. The Kier molecular flexibility index (Phi) is 4.04. The highest BCUT2D eigenvalue weighted by Gasteiger charge is 2.12. The molecule has 1 amide bonds. The predicted octanol–water partition coefficient (Wildman–Crippen LogP) is 4.12. The van der Waals surface area contributed by atoms with Gasteiger partial charge in [0.25, 0.3) is 5.91 Å². The summed E-state index contributed by atoms with van der Waals surface area (Å²) < 4.78 is 5.98. The Hall–Kier alpha value is -1.62. The molecule has 0 saturated carbocycles. The maximum absolute atomic E-state index is 12.0. The van der Waals surface area contributed by atoms with Crippen molar-refractivity contribution < 1.29 is 9.32 Å². The maximum Gasteiger partial charge on any atom is 0.258 e. The molecule has 0 aliphatic heterocycles. The van der Waals surface area contributed by atoms with Gasteiger partial charge >= 0.3 is 0 Å². The Morgan fingerprint density at radius 3 is 2.68 bits per heavy atom. The zero-order valence-electron chi connectivity index (χ0n) is 11.0. The molecule has 1 heterocycles. The fraction of sp³-hybridized carbons (Fsp3) is 0.286. The van der Waals surface area contributed by atoms with E-state index in [9.17, 15) is 4.79 Å². The second kappa shape index (κ2) is 5.57. The lowest BCUT2D eigenvalue weighted by molar-refractivity contribution is 0.102. The number of aryl methyl sites for hydroxylation is 1. The Balaban J connectivity index is 2.13. The molecule has 4 nitrogen and oxygen atoms in total. The van der Waals surface area contributed by atoms with Gasteiger partial charge in [0.1, 0.15) is 0 Å². The molecule has 100 valence electrons. The molecular formula is C14H15BrN2O2. The van der Waals surface area contributed by atoms with Crippen LogP contribution >= 0.6 is 15.9 Å². The molecule has 0 fully saturated rings. The van der Waals surface area contributed by atoms with Crippen molar-refractivity contribution >= 4 is 27.7 Å². The summed E-state index contributed by atoms with van der Waals surface area (Å²) in [5.41, 5.74) is 2.47. The van der Waals surface area contributed by atoms with Crippen molar-refractivity contribution in [3.05, 3.63) is 45.6 Å². The van der Waals surface area contributed by atoms with Gasteiger partial charge in [0.05, 0.1) is 5.69 Å². The standard InChI is InChI=1S/C14H15BrN2O2/c1-8(2)12-7-13(19-17-12)16-14(18)10-5-4-9(3)11(15)6-10/h4-8H,1-3H3,(H,16,18). The van der Waals surface area contributed by atoms with E-state index in [0.29, 0.717) is 11.4 Å². The van der Waals surface area contributed by atoms with E-state index < -0.39 is 0 Å². The molecule has 2 aromatic rings. The van der Waals surface area contributed by atoms with Gasteiger partial charge in [0.15, 0.2) is 0 Å². The zero-order chi connectivity index (χ0) is 14.0. The Morgan fingerprint density at radius 2 is 2.11 bits per heavy atom. The van der Waals surface area contributed by atoms with Crippen LogP contribution in [0.15, 0.2) is 33.3 Å². The first-order valence-corrected chi connectivity index (χ1v) is 6.81. The van der Waals surface area contributed by atoms with E-state index in [4.69, 9.17) is 4.52 Å². The average molecular weight is 323 g/mol. The van der Waals surface area contributed by atoms with Crippen LogP contribution < -0.4 is 5.32 Å². The second-order valence-electron chi connectivity index (χ2n) is 4.69. The predicted molar refractivity (Wildman–Crippen MR) is 77.4 cm³/mol. The zero-order valence-corrected chi connectivity index (χ0v) is 12.6. The van der Waals surface area contributed by atoms with Crippen LogP contribution in [0.25, 0.3) is 0 Å². The molecule has 0 bridgehead atoms. The molecule has 19 heavy (non-hydrogen) atoms. The van der Waals surface area contributed by atoms with Crippen LogP contribution in [0, 0.1) is 6.92 Å². The molecule has 0 aliphatic carbocycles. The molecule has 0 radical (unpaired) electrons. The smallest absolute Gasteiger partial charge is 0.258 e. The number of nitrogens with one attached hydrogen (secondary N) is 1. The first-order chi connectivity index (χ1) is 8.97. The first kappa shape index (κ1) is 13.8. The van der Waals surface area contributed by atoms with Crippen molar-refractivity contribution in [3.63, 3.8) is 0 Å². The van der Waals surface area contributed by atoms with E-state index in [1.165, 1.54) is 0 Å². The number of hydrogen-bond donors (Lipinski definition) is 1. The summed E-state index contributed by atoms with van der Waals surface area (Å²) in [6.45, 7) is 6.00. The van der Waals surface area contributed by atoms with E-state index >= 15 is 0 Å². The van der Waals surface area contributed by atoms with Crippen LogP contribution in [-0.4, -0.2) is 11.1 Å². The molecule has 0 spiro atoms. The number of anilines is 1. The number of nitrogens with zero attached hydrogens (tertiary/aromatic N) is 1. The van der Waals surface area contributed by atoms with Gasteiger partial charge in [-0.25, -0.2) is 0 Å². The topological polar surface area (TPSA) is 55.1 Å². The van der Waals surface area contributed by atoms with Crippen LogP contribution in [0.1, 0.15) is 41.4 Å². The van der Waals surface area contributed by atoms with Crippen LogP contribution in [-0.2, 0) is 0 Å².